The molecule has 2 N–H and O–H groups in total. The average molecular weight is 269 g/mol. The lowest BCUT2D eigenvalue weighted by molar-refractivity contribution is 0.402. The van der Waals surface area contributed by atoms with E-state index in [2.05, 4.69) is 54.2 Å². The molecule has 0 heterocycles. The second-order valence-corrected chi connectivity index (χ2v) is 5.20. The summed E-state index contributed by atoms with van der Waals surface area (Å²) in [4.78, 5) is 4.50. The summed E-state index contributed by atoms with van der Waals surface area (Å²) in [5.41, 5.74) is 9.22. The first-order chi connectivity index (χ1) is 9.68. The van der Waals surface area contributed by atoms with Gasteiger partial charge in [0, 0.05) is 12.2 Å². The van der Waals surface area contributed by atoms with Crippen molar-refractivity contribution in [2.24, 2.45) is 0 Å². The van der Waals surface area contributed by atoms with E-state index in [9.17, 15) is 0 Å². The molecular formula is C17H23N3. The highest BCUT2D eigenvalue weighted by molar-refractivity contribution is 5.74. The number of nitrogens with zero attached hydrogens (tertiary/aromatic N) is 2. The summed E-state index contributed by atoms with van der Waals surface area (Å²) >= 11 is 0. The fourth-order valence-corrected chi connectivity index (χ4v) is 2.27. The van der Waals surface area contributed by atoms with Crippen LogP contribution in [0.25, 0.3) is 0 Å². The van der Waals surface area contributed by atoms with Gasteiger partial charge in [0.2, 0.25) is 0 Å². The number of hydrogen-bond donors (Lipinski definition) is 1. The van der Waals surface area contributed by atoms with Gasteiger partial charge >= 0.3 is 0 Å². The summed E-state index contributed by atoms with van der Waals surface area (Å²) < 4.78 is 0. The lowest BCUT2D eigenvalue weighted by Crippen LogP contribution is -2.23. The van der Waals surface area contributed by atoms with Crippen LogP contribution in [0.2, 0.25) is 0 Å². The summed E-state index contributed by atoms with van der Waals surface area (Å²) in [6.45, 7) is 2.02. The van der Waals surface area contributed by atoms with Gasteiger partial charge in [0.05, 0.1) is 11.4 Å². The van der Waals surface area contributed by atoms with Gasteiger partial charge < -0.3 is 15.5 Å². The summed E-state index contributed by atoms with van der Waals surface area (Å²) in [5.74, 6) is 0. The predicted octanol–water partition coefficient (Wildman–Crippen LogP) is 3.36. The Morgan fingerprint density at radius 2 is 1.50 bits per heavy atom. The monoisotopic (exact) mass is 269 g/mol. The van der Waals surface area contributed by atoms with Crippen molar-refractivity contribution in [1.29, 1.82) is 0 Å². The van der Waals surface area contributed by atoms with Gasteiger partial charge in [-0.05, 0) is 51.3 Å². The number of nitrogen functional groups attached to an aromatic ring is 1. The molecule has 20 heavy (non-hydrogen) atoms. The molecule has 106 valence electrons. The molecule has 0 saturated carbocycles. The van der Waals surface area contributed by atoms with E-state index >= 15 is 0 Å². The third kappa shape index (κ3) is 3.75. The molecule has 0 aromatic heterocycles. The Bertz CT molecular complexity index is 523. The summed E-state index contributed by atoms with van der Waals surface area (Å²) in [6, 6.07) is 18.5. The summed E-state index contributed by atoms with van der Waals surface area (Å²) in [5, 5.41) is 0. The Hall–Kier alpha value is -2.00. The SMILES string of the molecule is CN(C)CCCN(c1ccccc1)c1ccccc1N. The standard InChI is InChI=1S/C17H23N3/c1-19(2)13-8-14-20(15-9-4-3-5-10-15)17-12-7-6-11-16(17)18/h3-7,9-12H,8,13-14,18H2,1-2H3. The number of para-hydroxylation sites is 3. The Morgan fingerprint density at radius 3 is 2.15 bits per heavy atom. The maximum Gasteiger partial charge on any atom is 0.0644 e. The van der Waals surface area contributed by atoms with Crippen LogP contribution in [-0.4, -0.2) is 32.1 Å². The quantitative estimate of drug-likeness (QED) is 0.816. The molecule has 3 heteroatoms. The first-order valence-electron chi connectivity index (χ1n) is 7.00. The minimum Gasteiger partial charge on any atom is -0.397 e. The van der Waals surface area contributed by atoms with Gasteiger partial charge in [-0.2, -0.15) is 0 Å². The van der Waals surface area contributed by atoms with Gasteiger partial charge in [-0.15, -0.1) is 0 Å². The van der Waals surface area contributed by atoms with Crippen LogP contribution in [0.4, 0.5) is 17.1 Å². The molecule has 0 atom stereocenters. The first kappa shape index (κ1) is 14.4. The normalized spacial score (nSPS) is 10.8. The Labute approximate surface area is 121 Å². The highest BCUT2D eigenvalue weighted by atomic mass is 15.1. The molecule has 2 aromatic rings. The molecule has 2 rings (SSSR count). The molecule has 0 aliphatic carbocycles. The largest absolute Gasteiger partial charge is 0.397 e. The molecule has 0 saturated heterocycles. The van der Waals surface area contributed by atoms with Crippen LogP contribution in [0, 0.1) is 0 Å². The highest BCUT2D eigenvalue weighted by Gasteiger charge is 2.11. The van der Waals surface area contributed by atoms with E-state index in [1.54, 1.807) is 0 Å². The highest BCUT2D eigenvalue weighted by Crippen LogP contribution is 2.30. The van der Waals surface area contributed by atoms with Crippen LogP contribution >= 0.6 is 0 Å². The molecule has 0 bridgehead atoms. The van der Waals surface area contributed by atoms with Crippen molar-refractivity contribution in [2.75, 3.05) is 37.8 Å². The molecule has 3 nitrogen and oxygen atoms in total. The van der Waals surface area contributed by atoms with Crippen LogP contribution in [-0.2, 0) is 0 Å². The van der Waals surface area contributed by atoms with Gasteiger partial charge in [0.25, 0.3) is 0 Å². The van der Waals surface area contributed by atoms with Crippen molar-refractivity contribution in [3.8, 4) is 0 Å². The van der Waals surface area contributed by atoms with Crippen molar-refractivity contribution in [2.45, 2.75) is 6.42 Å². The molecule has 2 aromatic carbocycles. The second-order valence-electron chi connectivity index (χ2n) is 5.20. The van der Waals surface area contributed by atoms with Gasteiger partial charge in [0.1, 0.15) is 0 Å². The maximum absolute atomic E-state index is 6.14. The zero-order valence-electron chi connectivity index (χ0n) is 12.3. The van der Waals surface area contributed by atoms with Crippen molar-refractivity contribution >= 4 is 17.1 Å². The molecular weight excluding hydrogens is 246 g/mol. The van der Waals surface area contributed by atoms with Crippen molar-refractivity contribution in [3.63, 3.8) is 0 Å². The van der Waals surface area contributed by atoms with Crippen LogP contribution in [0.5, 0.6) is 0 Å². The van der Waals surface area contributed by atoms with Crippen molar-refractivity contribution < 1.29 is 0 Å². The second kappa shape index (κ2) is 6.96. The molecule has 0 aliphatic rings. The Balaban J connectivity index is 2.23. The summed E-state index contributed by atoms with van der Waals surface area (Å²) in [6.07, 6.45) is 1.09. The molecule has 0 radical (unpaired) electrons. The van der Waals surface area contributed by atoms with Gasteiger partial charge in [-0.25, -0.2) is 0 Å². The molecule has 0 fully saturated rings. The first-order valence-corrected chi connectivity index (χ1v) is 7.00. The zero-order chi connectivity index (χ0) is 14.4. The van der Waals surface area contributed by atoms with Gasteiger partial charge in [-0.1, -0.05) is 30.3 Å². The van der Waals surface area contributed by atoms with Gasteiger partial charge in [0.15, 0.2) is 0 Å². The number of rotatable bonds is 6. The van der Waals surface area contributed by atoms with Crippen molar-refractivity contribution in [1.82, 2.24) is 4.90 Å². The van der Waals surface area contributed by atoms with E-state index in [4.69, 9.17) is 5.73 Å². The van der Waals surface area contributed by atoms with E-state index in [0.29, 0.717) is 0 Å². The van der Waals surface area contributed by atoms with E-state index < -0.39 is 0 Å². The Kier molecular flexibility index (Phi) is 5.02. The van der Waals surface area contributed by atoms with E-state index in [1.807, 2.05) is 24.3 Å². The molecule has 0 unspecified atom stereocenters. The lowest BCUT2D eigenvalue weighted by atomic mass is 10.2. The van der Waals surface area contributed by atoms with E-state index in [0.717, 1.165) is 30.9 Å². The van der Waals surface area contributed by atoms with Crippen LogP contribution in [0.15, 0.2) is 54.6 Å². The van der Waals surface area contributed by atoms with Crippen LogP contribution in [0.1, 0.15) is 6.42 Å². The van der Waals surface area contributed by atoms with E-state index in [1.165, 1.54) is 5.69 Å². The average Bonchev–Trinajstić information content (AvgIpc) is 2.45. The summed E-state index contributed by atoms with van der Waals surface area (Å²) in [7, 11) is 4.20. The van der Waals surface area contributed by atoms with Crippen molar-refractivity contribution in [3.05, 3.63) is 54.6 Å². The van der Waals surface area contributed by atoms with Gasteiger partial charge in [-0.3, -0.25) is 0 Å². The maximum atomic E-state index is 6.14. The fraction of sp³-hybridized carbons (Fsp3) is 0.294. The number of hydrogen-bond acceptors (Lipinski definition) is 3. The van der Waals surface area contributed by atoms with E-state index in [-0.39, 0.29) is 0 Å². The molecule has 0 aliphatic heterocycles. The fourth-order valence-electron chi connectivity index (χ4n) is 2.27. The number of benzene rings is 2. The number of nitrogens with two attached hydrogens (primary N) is 1. The Morgan fingerprint density at radius 1 is 0.850 bits per heavy atom. The topological polar surface area (TPSA) is 32.5 Å². The molecule has 0 spiro atoms. The number of anilines is 3. The smallest absolute Gasteiger partial charge is 0.0644 e. The third-order valence-electron chi connectivity index (χ3n) is 3.28. The van der Waals surface area contributed by atoms with Crippen LogP contribution < -0.4 is 10.6 Å². The minimum atomic E-state index is 0.821. The zero-order valence-corrected chi connectivity index (χ0v) is 12.3. The predicted molar refractivity (Wildman–Crippen MR) is 87.5 cm³/mol. The minimum absolute atomic E-state index is 0.821. The lowest BCUT2D eigenvalue weighted by Gasteiger charge is -2.27. The molecule has 0 amide bonds. The third-order valence-corrected chi connectivity index (χ3v) is 3.28. The van der Waals surface area contributed by atoms with Crippen LogP contribution in [0.3, 0.4) is 0 Å².